The van der Waals surface area contributed by atoms with Gasteiger partial charge in [-0.2, -0.15) is 0 Å². The molecule has 2 N–H and O–H groups in total. The van der Waals surface area contributed by atoms with Crippen LogP contribution in [-0.2, 0) is 9.73 Å². The van der Waals surface area contributed by atoms with Crippen molar-refractivity contribution in [2.75, 3.05) is 11.5 Å². The molecule has 2 amide bonds. The zero-order chi connectivity index (χ0) is 8.32. The second-order valence-electron chi connectivity index (χ2n) is 2.67. The second kappa shape index (κ2) is 3.21. The first-order valence-electron chi connectivity index (χ1n) is 3.64. The minimum atomic E-state index is -2.24. The van der Waals surface area contributed by atoms with Crippen LogP contribution in [0.4, 0.5) is 4.79 Å². The molecule has 0 atom stereocenters. The van der Waals surface area contributed by atoms with Crippen molar-refractivity contribution in [1.82, 2.24) is 0 Å². The molecule has 1 aliphatic heterocycles. The van der Waals surface area contributed by atoms with Gasteiger partial charge in [-0.25, -0.2) is 9.00 Å². The summed E-state index contributed by atoms with van der Waals surface area (Å²) in [6.45, 7) is 0. The maximum atomic E-state index is 11.5. The van der Waals surface area contributed by atoms with Crippen molar-refractivity contribution < 1.29 is 9.00 Å². The van der Waals surface area contributed by atoms with Crippen LogP contribution in [0.2, 0.25) is 0 Å². The topological polar surface area (TPSA) is 72.5 Å². The van der Waals surface area contributed by atoms with E-state index in [1.165, 1.54) is 0 Å². The summed E-state index contributed by atoms with van der Waals surface area (Å²) in [5.74, 6) is 1.08. The summed E-state index contributed by atoms with van der Waals surface area (Å²) in [6, 6.07) is -0.795. The number of rotatable bonds is 0. The van der Waals surface area contributed by atoms with Gasteiger partial charge in [0.15, 0.2) is 0 Å². The minimum Gasteiger partial charge on any atom is -0.349 e. The van der Waals surface area contributed by atoms with Crippen LogP contribution in [0.3, 0.4) is 0 Å². The molecule has 64 valence electrons. The Morgan fingerprint density at radius 2 is 1.82 bits per heavy atom. The monoisotopic (exact) mass is 176 g/mol. The van der Waals surface area contributed by atoms with Crippen molar-refractivity contribution in [3.05, 3.63) is 0 Å². The van der Waals surface area contributed by atoms with Gasteiger partial charge in [-0.3, -0.25) is 0 Å². The van der Waals surface area contributed by atoms with Gasteiger partial charge in [0.25, 0.3) is 0 Å². The Morgan fingerprint density at radius 1 is 1.27 bits per heavy atom. The summed E-state index contributed by atoms with van der Waals surface area (Å²) in [4.78, 5) is 10.3. The molecule has 0 aliphatic carbocycles. The Bertz CT molecular complexity index is 254. The lowest BCUT2D eigenvalue weighted by Gasteiger charge is -2.13. The summed E-state index contributed by atoms with van der Waals surface area (Å²) in [6.07, 6.45) is 2.89. The van der Waals surface area contributed by atoms with E-state index in [1.54, 1.807) is 0 Å². The third kappa shape index (κ3) is 2.49. The number of carbonyl (C=O) groups is 1. The summed E-state index contributed by atoms with van der Waals surface area (Å²) in [5.41, 5.74) is 4.82. The standard InChI is InChI=1S/C6H12N2O2S/c7-6(9)8-11(10)4-2-1-3-5-11/h1-5H2,(H2,7,9). The average molecular weight is 176 g/mol. The van der Waals surface area contributed by atoms with Crippen molar-refractivity contribution in [1.29, 1.82) is 0 Å². The molecule has 1 aliphatic rings. The number of hydrogen-bond donors (Lipinski definition) is 1. The van der Waals surface area contributed by atoms with Gasteiger partial charge in [0.2, 0.25) is 0 Å². The van der Waals surface area contributed by atoms with E-state index in [2.05, 4.69) is 4.36 Å². The van der Waals surface area contributed by atoms with Crippen LogP contribution >= 0.6 is 0 Å². The number of urea groups is 1. The van der Waals surface area contributed by atoms with Crippen LogP contribution in [0.25, 0.3) is 0 Å². The molecular weight excluding hydrogens is 164 g/mol. The molecule has 0 aromatic heterocycles. The molecule has 1 heterocycles. The predicted molar refractivity (Wildman–Crippen MR) is 43.7 cm³/mol. The van der Waals surface area contributed by atoms with E-state index in [0.717, 1.165) is 19.3 Å². The molecule has 1 fully saturated rings. The lowest BCUT2D eigenvalue weighted by atomic mass is 10.3. The summed E-state index contributed by atoms with van der Waals surface area (Å²) in [5, 5.41) is 0. The van der Waals surface area contributed by atoms with Crippen LogP contribution < -0.4 is 5.73 Å². The van der Waals surface area contributed by atoms with E-state index >= 15 is 0 Å². The highest BCUT2D eigenvalue weighted by Crippen LogP contribution is 2.13. The van der Waals surface area contributed by atoms with Crippen LogP contribution in [0.15, 0.2) is 4.36 Å². The first-order valence-corrected chi connectivity index (χ1v) is 5.50. The van der Waals surface area contributed by atoms with Crippen molar-refractivity contribution in [2.45, 2.75) is 19.3 Å². The maximum Gasteiger partial charge on any atom is 0.346 e. The van der Waals surface area contributed by atoms with E-state index in [0.29, 0.717) is 11.5 Å². The van der Waals surface area contributed by atoms with Gasteiger partial charge < -0.3 is 5.73 Å². The highest BCUT2D eigenvalue weighted by Gasteiger charge is 2.14. The van der Waals surface area contributed by atoms with Crippen LogP contribution in [0.1, 0.15) is 19.3 Å². The van der Waals surface area contributed by atoms with Crippen molar-refractivity contribution >= 4 is 15.8 Å². The molecular formula is C6H12N2O2S. The summed E-state index contributed by atoms with van der Waals surface area (Å²) < 4.78 is 15.0. The molecule has 4 nitrogen and oxygen atoms in total. The quantitative estimate of drug-likeness (QED) is 0.590. The van der Waals surface area contributed by atoms with Gasteiger partial charge in [-0.1, -0.05) is 6.42 Å². The van der Waals surface area contributed by atoms with Crippen LogP contribution in [0, 0.1) is 0 Å². The zero-order valence-electron chi connectivity index (χ0n) is 6.28. The van der Waals surface area contributed by atoms with Crippen molar-refractivity contribution in [3.63, 3.8) is 0 Å². The fourth-order valence-electron chi connectivity index (χ4n) is 1.19. The van der Waals surface area contributed by atoms with E-state index in [9.17, 15) is 9.00 Å². The Morgan fingerprint density at radius 3 is 2.27 bits per heavy atom. The van der Waals surface area contributed by atoms with Crippen molar-refractivity contribution in [2.24, 2.45) is 10.1 Å². The fraction of sp³-hybridized carbons (Fsp3) is 0.833. The van der Waals surface area contributed by atoms with Gasteiger partial charge in [0.1, 0.15) is 0 Å². The molecule has 5 heteroatoms. The van der Waals surface area contributed by atoms with Gasteiger partial charge in [-0.15, -0.1) is 4.36 Å². The number of nitrogens with two attached hydrogens (primary N) is 1. The highest BCUT2D eigenvalue weighted by atomic mass is 32.2. The largest absolute Gasteiger partial charge is 0.349 e. The highest BCUT2D eigenvalue weighted by molar-refractivity contribution is 7.93. The Kier molecular flexibility index (Phi) is 2.49. The van der Waals surface area contributed by atoms with Gasteiger partial charge in [0, 0.05) is 11.5 Å². The predicted octanol–water partition coefficient (Wildman–Crippen LogP) is 0.717. The number of carbonyl (C=O) groups excluding carboxylic acids is 1. The summed E-state index contributed by atoms with van der Waals surface area (Å²) in [7, 11) is -2.24. The lowest BCUT2D eigenvalue weighted by Crippen LogP contribution is -2.19. The molecule has 0 saturated carbocycles. The smallest absolute Gasteiger partial charge is 0.346 e. The number of nitrogens with zero attached hydrogens (tertiary/aromatic N) is 1. The first kappa shape index (κ1) is 8.52. The summed E-state index contributed by atoms with van der Waals surface area (Å²) >= 11 is 0. The SMILES string of the molecule is NC(=O)N=S1(=O)CCCCC1. The normalized spacial score (nSPS) is 22.5. The molecule has 0 spiro atoms. The molecule has 0 aromatic rings. The van der Waals surface area contributed by atoms with Crippen LogP contribution in [-0.4, -0.2) is 21.7 Å². The van der Waals surface area contributed by atoms with Crippen molar-refractivity contribution in [3.8, 4) is 0 Å². The second-order valence-corrected chi connectivity index (χ2v) is 5.22. The van der Waals surface area contributed by atoms with Gasteiger partial charge in [-0.05, 0) is 12.8 Å². The maximum absolute atomic E-state index is 11.5. The van der Waals surface area contributed by atoms with Crippen LogP contribution in [0.5, 0.6) is 0 Å². The lowest BCUT2D eigenvalue weighted by molar-refractivity contribution is 0.257. The molecule has 0 bridgehead atoms. The molecule has 1 saturated heterocycles. The van der Waals surface area contributed by atoms with E-state index in [1.807, 2.05) is 0 Å². The molecule has 1 rings (SSSR count). The third-order valence-corrected chi connectivity index (χ3v) is 4.05. The van der Waals surface area contributed by atoms with E-state index in [-0.39, 0.29) is 0 Å². The number of hydrogen-bond acceptors (Lipinski definition) is 2. The minimum absolute atomic E-state index is 0.538. The Hall–Kier alpha value is -0.580. The Balaban J connectivity index is 2.80. The first-order chi connectivity index (χ1) is 5.12. The molecule has 0 radical (unpaired) electrons. The Labute approximate surface area is 66.3 Å². The van der Waals surface area contributed by atoms with E-state index < -0.39 is 15.8 Å². The third-order valence-electron chi connectivity index (χ3n) is 1.68. The molecule has 0 aromatic carbocycles. The van der Waals surface area contributed by atoms with Gasteiger partial charge >= 0.3 is 6.03 Å². The van der Waals surface area contributed by atoms with E-state index in [4.69, 9.17) is 5.73 Å². The fourth-order valence-corrected chi connectivity index (χ4v) is 3.21. The molecule has 0 unspecified atom stereocenters. The zero-order valence-corrected chi connectivity index (χ0v) is 7.10. The number of amides is 2. The van der Waals surface area contributed by atoms with Gasteiger partial charge in [0.05, 0.1) is 9.73 Å². The average Bonchev–Trinajstić information content (AvgIpc) is 1.85. The number of primary amides is 1. The molecule has 11 heavy (non-hydrogen) atoms.